The predicted octanol–water partition coefficient (Wildman–Crippen LogP) is 13.2. The van der Waals surface area contributed by atoms with Crippen molar-refractivity contribution in [3.63, 3.8) is 0 Å². The quantitative estimate of drug-likeness (QED) is 0.0450. The molecule has 0 bridgehead atoms. The van der Waals surface area contributed by atoms with Gasteiger partial charge in [-0.05, 0) is 96.3 Å². The van der Waals surface area contributed by atoms with Gasteiger partial charge in [0.25, 0.3) is 0 Å². The fraction of sp³-hybridized carbons (Fsp3) is 0.531. The molecule has 0 saturated heterocycles. The first kappa shape index (κ1) is 49.5. The molecule has 0 aliphatic heterocycles. The van der Waals surface area contributed by atoms with E-state index in [9.17, 15) is 15.0 Å². The standard InChI is InChI=1S/C49H77NO3/c1-3-5-7-9-11-12-13-14-15-16-17-18-19-20-21-22-23-24-25-26-27-28-29-30-31-32-33-34-35-36-37-38-39-41-43-45-49(53)50-47(46-51)48(52)44-42-40-10-8-6-4-2/h5,7,11-12,14-15,17-18,20-21,23-24,26-27,29-30,32-33,35-36,42,44,47-48,51-52H,3-4,6,8-10,13,16,19,22,25,28,31,34,37-41,43,45-46H2,1-2H3,(H,50,53)/b7-5-,12-11-,15-14-,18-17-,21-20-,24-23-,27-26-,30-29-,33-32-,36-35-,44-42+. The van der Waals surface area contributed by atoms with Crippen LogP contribution in [0.5, 0.6) is 0 Å². The number of amides is 1. The van der Waals surface area contributed by atoms with E-state index in [1.807, 2.05) is 6.08 Å². The summed E-state index contributed by atoms with van der Waals surface area (Å²) in [6.07, 6.45) is 68.6. The van der Waals surface area contributed by atoms with Crippen LogP contribution in [-0.4, -0.2) is 34.9 Å². The second-order valence-corrected chi connectivity index (χ2v) is 13.3. The van der Waals surface area contributed by atoms with Crippen LogP contribution in [0.3, 0.4) is 0 Å². The van der Waals surface area contributed by atoms with Crippen LogP contribution < -0.4 is 5.32 Å². The Bertz CT molecular complexity index is 1140. The molecule has 0 aliphatic rings. The summed E-state index contributed by atoms with van der Waals surface area (Å²) in [7, 11) is 0. The monoisotopic (exact) mass is 728 g/mol. The Hall–Kier alpha value is -3.47. The van der Waals surface area contributed by atoms with Gasteiger partial charge < -0.3 is 15.5 Å². The molecular formula is C49H77NO3. The lowest BCUT2D eigenvalue weighted by molar-refractivity contribution is -0.123. The first-order valence-corrected chi connectivity index (χ1v) is 20.9. The molecule has 0 aliphatic carbocycles. The van der Waals surface area contributed by atoms with Gasteiger partial charge in [-0.15, -0.1) is 0 Å². The molecule has 53 heavy (non-hydrogen) atoms. The summed E-state index contributed by atoms with van der Waals surface area (Å²) >= 11 is 0. The summed E-state index contributed by atoms with van der Waals surface area (Å²) in [5.74, 6) is -0.103. The first-order valence-electron chi connectivity index (χ1n) is 20.9. The Morgan fingerprint density at radius 2 is 0.830 bits per heavy atom. The van der Waals surface area contributed by atoms with Crippen molar-refractivity contribution in [2.45, 2.75) is 161 Å². The summed E-state index contributed by atoms with van der Waals surface area (Å²) in [4.78, 5) is 12.3. The van der Waals surface area contributed by atoms with E-state index in [1.54, 1.807) is 6.08 Å². The molecule has 0 fully saturated rings. The van der Waals surface area contributed by atoms with Gasteiger partial charge in [0.1, 0.15) is 0 Å². The maximum absolute atomic E-state index is 12.3. The maximum Gasteiger partial charge on any atom is 0.220 e. The molecule has 2 unspecified atom stereocenters. The smallest absolute Gasteiger partial charge is 0.220 e. The van der Waals surface area contributed by atoms with E-state index in [1.165, 1.54) is 19.3 Å². The van der Waals surface area contributed by atoms with Crippen molar-refractivity contribution in [2.75, 3.05) is 6.61 Å². The van der Waals surface area contributed by atoms with Gasteiger partial charge in [-0.1, -0.05) is 180 Å². The largest absolute Gasteiger partial charge is 0.394 e. The fourth-order valence-corrected chi connectivity index (χ4v) is 5.20. The van der Waals surface area contributed by atoms with Crippen molar-refractivity contribution in [2.24, 2.45) is 0 Å². The number of aliphatic hydroxyl groups excluding tert-OH is 2. The lowest BCUT2D eigenvalue weighted by atomic mass is 10.1. The van der Waals surface area contributed by atoms with Gasteiger partial charge in [0.15, 0.2) is 0 Å². The molecule has 0 radical (unpaired) electrons. The zero-order chi connectivity index (χ0) is 38.6. The van der Waals surface area contributed by atoms with Gasteiger partial charge in [0.05, 0.1) is 18.8 Å². The fourth-order valence-electron chi connectivity index (χ4n) is 5.20. The van der Waals surface area contributed by atoms with Crippen molar-refractivity contribution in [3.05, 3.63) is 134 Å². The Balaban J connectivity index is 3.71. The third-order valence-electron chi connectivity index (χ3n) is 8.39. The number of nitrogens with one attached hydrogen (secondary N) is 1. The van der Waals surface area contributed by atoms with E-state index in [4.69, 9.17) is 0 Å². The number of unbranched alkanes of at least 4 members (excludes halogenated alkanes) is 8. The van der Waals surface area contributed by atoms with Crippen LogP contribution in [0, 0.1) is 0 Å². The minimum absolute atomic E-state index is 0.103. The Morgan fingerprint density at radius 1 is 0.472 bits per heavy atom. The minimum atomic E-state index is -0.855. The van der Waals surface area contributed by atoms with Gasteiger partial charge in [-0.3, -0.25) is 4.79 Å². The Labute approximate surface area is 326 Å². The van der Waals surface area contributed by atoms with Gasteiger partial charge in [-0.2, -0.15) is 0 Å². The topological polar surface area (TPSA) is 69.6 Å². The minimum Gasteiger partial charge on any atom is -0.394 e. The molecule has 2 atom stereocenters. The highest BCUT2D eigenvalue weighted by Gasteiger charge is 2.17. The summed E-state index contributed by atoms with van der Waals surface area (Å²) in [6.45, 7) is 4.08. The van der Waals surface area contributed by atoms with Crippen LogP contribution in [0.1, 0.15) is 149 Å². The Kier molecular flexibility index (Phi) is 40.1. The molecule has 3 N–H and O–H groups in total. The SMILES string of the molecule is CC/C=C\C/C=C\C/C=C\C/C=C\C/C=C\C/C=C\C/C=C\C/C=C\C/C=C\C/C=C\CCCCCCC(=O)NC(CO)C(O)/C=C/CCCCCC. The maximum atomic E-state index is 12.3. The van der Waals surface area contributed by atoms with E-state index in [2.05, 4.69) is 141 Å². The van der Waals surface area contributed by atoms with Crippen molar-refractivity contribution in [1.29, 1.82) is 0 Å². The highest BCUT2D eigenvalue weighted by atomic mass is 16.3. The number of carbonyl (C=O) groups excluding carboxylic acids is 1. The van der Waals surface area contributed by atoms with Crippen molar-refractivity contribution >= 4 is 5.91 Å². The normalized spacial score (nSPS) is 14.4. The first-order chi connectivity index (χ1) is 26.2. The number of carbonyl (C=O) groups is 1. The van der Waals surface area contributed by atoms with E-state index in [-0.39, 0.29) is 12.5 Å². The molecule has 296 valence electrons. The molecule has 0 aromatic heterocycles. The zero-order valence-electron chi connectivity index (χ0n) is 33.7. The van der Waals surface area contributed by atoms with Crippen LogP contribution in [0.4, 0.5) is 0 Å². The van der Waals surface area contributed by atoms with E-state index >= 15 is 0 Å². The third-order valence-corrected chi connectivity index (χ3v) is 8.39. The van der Waals surface area contributed by atoms with E-state index in [0.717, 1.165) is 109 Å². The molecule has 0 rings (SSSR count). The summed E-state index contributed by atoms with van der Waals surface area (Å²) in [6, 6.07) is -0.642. The Morgan fingerprint density at radius 3 is 1.23 bits per heavy atom. The van der Waals surface area contributed by atoms with Crippen LogP contribution in [0.25, 0.3) is 0 Å². The van der Waals surface area contributed by atoms with Gasteiger partial charge in [0, 0.05) is 6.42 Å². The van der Waals surface area contributed by atoms with Gasteiger partial charge in [0.2, 0.25) is 5.91 Å². The average molecular weight is 728 g/mol. The summed E-state index contributed by atoms with van der Waals surface area (Å²) < 4.78 is 0. The van der Waals surface area contributed by atoms with E-state index in [0.29, 0.717) is 6.42 Å². The number of hydrogen-bond donors (Lipinski definition) is 3. The van der Waals surface area contributed by atoms with Crippen molar-refractivity contribution in [1.82, 2.24) is 5.32 Å². The van der Waals surface area contributed by atoms with Crippen molar-refractivity contribution < 1.29 is 15.0 Å². The molecule has 1 amide bonds. The zero-order valence-corrected chi connectivity index (χ0v) is 33.7. The van der Waals surface area contributed by atoms with Crippen LogP contribution in [0.2, 0.25) is 0 Å². The average Bonchev–Trinajstić information content (AvgIpc) is 3.16. The van der Waals surface area contributed by atoms with Gasteiger partial charge in [-0.25, -0.2) is 0 Å². The molecule has 4 nitrogen and oxygen atoms in total. The lowest BCUT2D eigenvalue weighted by Crippen LogP contribution is -2.45. The number of rotatable bonds is 35. The molecule has 0 aromatic carbocycles. The lowest BCUT2D eigenvalue weighted by Gasteiger charge is -2.19. The molecule has 0 aromatic rings. The number of allylic oxidation sites excluding steroid dienone is 21. The van der Waals surface area contributed by atoms with Crippen LogP contribution in [0.15, 0.2) is 134 Å². The molecule has 0 saturated carbocycles. The molecule has 0 heterocycles. The number of hydrogen-bond acceptors (Lipinski definition) is 3. The van der Waals surface area contributed by atoms with Crippen LogP contribution >= 0.6 is 0 Å². The molecule has 4 heteroatoms. The summed E-state index contributed by atoms with van der Waals surface area (Å²) in [5.41, 5.74) is 0. The van der Waals surface area contributed by atoms with E-state index < -0.39 is 12.1 Å². The highest BCUT2D eigenvalue weighted by Crippen LogP contribution is 2.08. The third kappa shape index (κ3) is 39.6. The molecule has 0 spiro atoms. The number of aliphatic hydroxyl groups is 2. The summed E-state index contributed by atoms with van der Waals surface area (Å²) in [5, 5.41) is 22.6. The van der Waals surface area contributed by atoms with Crippen LogP contribution in [-0.2, 0) is 4.79 Å². The second-order valence-electron chi connectivity index (χ2n) is 13.3. The predicted molar refractivity (Wildman–Crippen MR) is 234 cm³/mol. The van der Waals surface area contributed by atoms with Gasteiger partial charge >= 0.3 is 0 Å². The molecular weight excluding hydrogens is 651 g/mol. The highest BCUT2D eigenvalue weighted by molar-refractivity contribution is 5.76. The second kappa shape index (κ2) is 42.9. The van der Waals surface area contributed by atoms with Crippen molar-refractivity contribution in [3.8, 4) is 0 Å².